The van der Waals surface area contributed by atoms with Crippen molar-refractivity contribution in [1.29, 1.82) is 0 Å². The molecule has 0 atom stereocenters. The van der Waals surface area contributed by atoms with E-state index in [2.05, 4.69) is 38.2 Å². The predicted octanol–water partition coefficient (Wildman–Crippen LogP) is 3.62. The highest BCUT2D eigenvalue weighted by Gasteiger charge is 2.38. The molecule has 0 aliphatic heterocycles. The van der Waals surface area contributed by atoms with Crippen molar-refractivity contribution >= 4 is 5.91 Å². The molecule has 2 heteroatoms. The van der Waals surface area contributed by atoms with Crippen LogP contribution in [0.1, 0.15) is 52.0 Å². The van der Waals surface area contributed by atoms with Gasteiger partial charge in [-0.1, -0.05) is 50.1 Å². The van der Waals surface area contributed by atoms with E-state index in [1.165, 1.54) is 12.8 Å². The van der Waals surface area contributed by atoms with Gasteiger partial charge in [0.15, 0.2) is 0 Å². The van der Waals surface area contributed by atoms with E-state index in [9.17, 15) is 4.79 Å². The summed E-state index contributed by atoms with van der Waals surface area (Å²) in [5.41, 5.74) is 0.690. The number of benzene rings is 1. The van der Waals surface area contributed by atoms with Crippen LogP contribution in [0.5, 0.6) is 0 Å². The van der Waals surface area contributed by atoms with Crippen molar-refractivity contribution in [3.63, 3.8) is 0 Å². The van der Waals surface area contributed by atoms with Gasteiger partial charge >= 0.3 is 0 Å². The average molecular weight is 245 g/mol. The maximum Gasteiger partial charge on any atom is 0.226 e. The van der Waals surface area contributed by atoms with E-state index >= 15 is 0 Å². The Morgan fingerprint density at radius 2 is 1.72 bits per heavy atom. The van der Waals surface area contributed by atoms with Crippen molar-refractivity contribution in [2.45, 2.75) is 52.0 Å². The summed E-state index contributed by atoms with van der Waals surface area (Å²) in [6, 6.07) is 10.2. The Balaban J connectivity index is 2.11. The second-order valence-electron chi connectivity index (χ2n) is 6.21. The molecule has 1 saturated carbocycles. The Labute approximate surface area is 110 Å². The average Bonchev–Trinajstić information content (AvgIpc) is 2.78. The molecule has 0 bridgehead atoms. The van der Waals surface area contributed by atoms with Gasteiger partial charge in [-0.2, -0.15) is 0 Å². The minimum absolute atomic E-state index is 0.161. The number of rotatable bonds is 3. The normalized spacial score (nSPS) is 18.6. The fourth-order valence-corrected chi connectivity index (χ4v) is 2.74. The fourth-order valence-electron chi connectivity index (χ4n) is 2.74. The summed E-state index contributed by atoms with van der Waals surface area (Å²) in [5.74, 6) is 0.203. The molecule has 1 aromatic rings. The first-order valence-corrected chi connectivity index (χ1v) is 6.82. The van der Waals surface area contributed by atoms with Crippen LogP contribution in [0, 0.1) is 5.41 Å². The van der Waals surface area contributed by atoms with E-state index in [-0.39, 0.29) is 16.9 Å². The molecule has 0 unspecified atom stereocenters. The first kappa shape index (κ1) is 13.1. The predicted molar refractivity (Wildman–Crippen MR) is 74.2 cm³/mol. The zero-order valence-electron chi connectivity index (χ0n) is 11.6. The van der Waals surface area contributed by atoms with Crippen LogP contribution in [0.3, 0.4) is 0 Å². The van der Waals surface area contributed by atoms with Gasteiger partial charge in [0.2, 0.25) is 5.91 Å². The van der Waals surface area contributed by atoms with Crippen molar-refractivity contribution in [2.75, 3.05) is 0 Å². The molecule has 0 saturated heterocycles. The minimum Gasteiger partial charge on any atom is -0.347 e. The van der Waals surface area contributed by atoms with Crippen LogP contribution in [-0.4, -0.2) is 5.91 Å². The maximum absolute atomic E-state index is 12.4. The molecular weight excluding hydrogens is 222 g/mol. The van der Waals surface area contributed by atoms with Crippen molar-refractivity contribution in [1.82, 2.24) is 5.32 Å². The first-order chi connectivity index (χ1) is 8.44. The third kappa shape index (κ3) is 2.58. The smallest absolute Gasteiger partial charge is 0.226 e. The Bertz CT molecular complexity index is 416. The summed E-state index contributed by atoms with van der Waals surface area (Å²) in [6.07, 6.45) is 4.39. The summed E-state index contributed by atoms with van der Waals surface area (Å²) >= 11 is 0. The van der Waals surface area contributed by atoms with E-state index < -0.39 is 0 Å². The number of hydrogen-bond acceptors (Lipinski definition) is 1. The lowest BCUT2D eigenvalue weighted by atomic mass is 9.85. The van der Waals surface area contributed by atoms with Crippen LogP contribution in [0.15, 0.2) is 30.3 Å². The summed E-state index contributed by atoms with van der Waals surface area (Å²) < 4.78 is 0. The minimum atomic E-state index is -0.302. The topological polar surface area (TPSA) is 29.1 Å². The summed E-state index contributed by atoms with van der Waals surface area (Å²) in [5, 5.41) is 3.22. The van der Waals surface area contributed by atoms with Crippen LogP contribution >= 0.6 is 0 Å². The van der Waals surface area contributed by atoms with Gasteiger partial charge in [0.05, 0.1) is 5.54 Å². The molecule has 1 aliphatic carbocycles. The highest BCUT2D eigenvalue weighted by molar-refractivity contribution is 5.83. The van der Waals surface area contributed by atoms with Gasteiger partial charge in [-0.25, -0.2) is 0 Å². The molecule has 2 nitrogen and oxygen atoms in total. The van der Waals surface area contributed by atoms with Crippen LogP contribution in [0.2, 0.25) is 0 Å². The molecular formula is C16H23NO. The summed E-state index contributed by atoms with van der Waals surface area (Å²) in [6.45, 7) is 6.23. The molecule has 18 heavy (non-hydrogen) atoms. The molecule has 0 radical (unpaired) electrons. The fraction of sp³-hybridized carbons (Fsp3) is 0.562. The van der Waals surface area contributed by atoms with Crippen LogP contribution in [0.4, 0.5) is 0 Å². The van der Waals surface area contributed by atoms with Gasteiger partial charge in [0.25, 0.3) is 0 Å². The molecule has 1 aromatic carbocycles. The highest BCUT2D eigenvalue weighted by Crippen LogP contribution is 2.38. The Hall–Kier alpha value is -1.31. The number of nitrogens with one attached hydrogen (secondary N) is 1. The lowest BCUT2D eigenvalue weighted by molar-refractivity contribution is -0.131. The quantitative estimate of drug-likeness (QED) is 0.866. The number of carbonyl (C=O) groups is 1. The second kappa shape index (κ2) is 4.75. The van der Waals surface area contributed by atoms with E-state index in [0.717, 1.165) is 18.4 Å². The number of amides is 1. The molecule has 0 spiro atoms. The first-order valence-electron chi connectivity index (χ1n) is 6.82. The molecule has 1 fully saturated rings. The van der Waals surface area contributed by atoms with E-state index in [0.29, 0.717) is 0 Å². The van der Waals surface area contributed by atoms with Crippen molar-refractivity contribution < 1.29 is 4.79 Å². The monoisotopic (exact) mass is 245 g/mol. The maximum atomic E-state index is 12.4. The molecule has 2 rings (SSSR count). The van der Waals surface area contributed by atoms with Crippen molar-refractivity contribution in [3.05, 3.63) is 35.9 Å². The van der Waals surface area contributed by atoms with Gasteiger partial charge in [-0.05, 0) is 32.3 Å². The number of hydrogen-bond donors (Lipinski definition) is 1. The van der Waals surface area contributed by atoms with Gasteiger partial charge in [-0.3, -0.25) is 4.79 Å². The zero-order chi connectivity index (χ0) is 13.2. The van der Waals surface area contributed by atoms with Crippen LogP contribution < -0.4 is 5.32 Å². The molecule has 0 heterocycles. The van der Waals surface area contributed by atoms with Gasteiger partial charge in [0.1, 0.15) is 0 Å². The third-order valence-electron chi connectivity index (χ3n) is 4.18. The highest BCUT2D eigenvalue weighted by atomic mass is 16.2. The van der Waals surface area contributed by atoms with E-state index in [1.807, 2.05) is 18.2 Å². The van der Waals surface area contributed by atoms with Crippen molar-refractivity contribution in [2.24, 2.45) is 5.41 Å². The second-order valence-corrected chi connectivity index (χ2v) is 6.21. The summed E-state index contributed by atoms with van der Waals surface area (Å²) in [7, 11) is 0. The molecule has 1 N–H and O–H groups in total. The lowest BCUT2D eigenvalue weighted by Crippen LogP contribution is -2.47. The SMILES string of the molecule is CC1(C(=O)NC(C)(C)c2ccccc2)CCCC1. The Kier molecular flexibility index (Phi) is 3.47. The van der Waals surface area contributed by atoms with Crippen molar-refractivity contribution in [3.8, 4) is 0 Å². The zero-order valence-corrected chi connectivity index (χ0v) is 11.6. The largest absolute Gasteiger partial charge is 0.347 e. The summed E-state index contributed by atoms with van der Waals surface area (Å²) in [4.78, 5) is 12.4. The molecule has 1 amide bonds. The lowest BCUT2D eigenvalue weighted by Gasteiger charge is -2.32. The third-order valence-corrected chi connectivity index (χ3v) is 4.18. The number of carbonyl (C=O) groups excluding carboxylic acids is 1. The molecule has 98 valence electrons. The van der Waals surface area contributed by atoms with Gasteiger partial charge < -0.3 is 5.32 Å². The van der Waals surface area contributed by atoms with E-state index in [1.54, 1.807) is 0 Å². The van der Waals surface area contributed by atoms with Gasteiger partial charge in [-0.15, -0.1) is 0 Å². The molecule has 0 aromatic heterocycles. The van der Waals surface area contributed by atoms with Crippen LogP contribution in [-0.2, 0) is 10.3 Å². The van der Waals surface area contributed by atoms with E-state index in [4.69, 9.17) is 0 Å². The Morgan fingerprint density at radius 3 is 2.28 bits per heavy atom. The Morgan fingerprint density at radius 1 is 1.17 bits per heavy atom. The van der Waals surface area contributed by atoms with Crippen LogP contribution in [0.25, 0.3) is 0 Å². The van der Waals surface area contributed by atoms with Gasteiger partial charge in [0, 0.05) is 5.41 Å². The molecule has 1 aliphatic rings. The standard InChI is InChI=1S/C16H23NO/c1-15(2,13-9-5-4-6-10-13)17-14(18)16(3)11-7-8-12-16/h4-6,9-10H,7-8,11-12H2,1-3H3,(H,17,18).